The van der Waals surface area contributed by atoms with Gasteiger partial charge < -0.3 is 5.32 Å². The summed E-state index contributed by atoms with van der Waals surface area (Å²) in [5.74, 6) is 1.08. The molecule has 4 rings (SSSR count). The molecule has 0 atom stereocenters. The predicted octanol–water partition coefficient (Wildman–Crippen LogP) is 5.07. The number of fused-ring (bicyclic) bond motifs is 1. The van der Waals surface area contributed by atoms with Crippen molar-refractivity contribution < 1.29 is 0 Å². The molecule has 0 spiro atoms. The molecule has 5 heteroatoms. The first-order valence-electron chi connectivity index (χ1n) is 7.52. The van der Waals surface area contributed by atoms with E-state index in [4.69, 9.17) is 16.7 Å². The van der Waals surface area contributed by atoms with E-state index in [1.54, 1.807) is 0 Å². The Morgan fingerprint density at radius 1 is 1.22 bits per heavy atom. The highest BCUT2D eigenvalue weighted by Gasteiger charge is 2.24. The molecule has 23 heavy (non-hydrogen) atoms. The van der Waals surface area contributed by atoms with Crippen LogP contribution in [-0.4, -0.2) is 16.3 Å². The molecule has 2 heterocycles. The number of nitrogens with zero attached hydrogens (tertiary/aromatic N) is 2. The average molecular weight is 436 g/mol. The first-order valence-corrected chi connectivity index (χ1v) is 8.98. The highest BCUT2D eigenvalue weighted by Crippen LogP contribution is 2.36. The molecule has 2 aromatic carbocycles. The maximum absolute atomic E-state index is 6.30. The van der Waals surface area contributed by atoms with Gasteiger partial charge >= 0.3 is 0 Å². The van der Waals surface area contributed by atoms with Crippen LogP contribution in [0.25, 0.3) is 16.9 Å². The van der Waals surface area contributed by atoms with Crippen molar-refractivity contribution in [3.8, 4) is 16.9 Å². The first-order chi connectivity index (χ1) is 11.1. The zero-order chi connectivity index (χ0) is 16.0. The van der Waals surface area contributed by atoms with Gasteiger partial charge in [-0.1, -0.05) is 35.9 Å². The zero-order valence-electron chi connectivity index (χ0n) is 12.6. The fraction of sp³-hybridized carbons (Fsp3) is 0.167. The number of rotatable bonds is 2. The molecule has 0 saturated heterocycles. The number of hydrogen-bond donors (Lipinski definition) is 1. The number of aromatic nitrogens is 2. The van der Waals surface area contributed by atoms with Gasteiger partial charge in [0, 0.05) is 26.3 Å². The summed E-state index contributed by atoms with van der Waals surface area (Å²) in [6.07, 6.45) is 0.995. The van der Waals surface area contributed by atoms with Crippen molar-refractivity contribution in [3.63, 3.8) is 0 Å². The third-order valence-electron chi connectivity index (χ3n) is 4.18. The Balaban J connectivity index is 1.91. The molecular weight excluding hydrogens is 421 g/mol. The summed E-state index contributed by atoms with van der Waals surface area (Å²) in [7, 11) is 0. The van der Waals surface area contributed by atoms with Crippen LogP contribution in [0.3, 0.4) is 0 Å². The molecule has 0 amide bonds. The third kappa shape index (κ3) is 2.54. The van der Waals surface area contributed by atoms with Gasteiger partial charge in [-0.25, -0.2) is 4.68 Å². The number of anilines is 1. The van der Waals surface area contributed by atoms with E-state index in [1.807, 2.05) is 23.7 Å². The molecule has 0 bridgehead atoms. The largest absolute Gasteiger partial charge is 0.369 e. The van der Waals surface area contributed by atoms with Gasteiger partial charge in [0.2, 0.25) is 0 Å². The second-order valence-corrected chi connectivity index (χ2v) is 7.25. The zero-order valence-corrected chi connectivity index (χ0v) is 15.5. The lowest BCUT2D eigenvalue weighted by Gasteiger charge is -2.08. The van der Waals surface area contributed by atoms with Crippen molar-refractivity contribution in [1.29, 1.82) is 0 Å². The molecule has 3 aromatic rings. The minimum atomic E-state index is 0.764. The lowest BCUT2D eigenvalue weighted by Crippen LogP contribution is -2.04. The normalized spacial score (nSPS) is 13.0. The Kier molecular flexibility index (Phi) is 3.81. The summed E-state index contributed by atoms with van der Waals surface area (Å²) in [6.45, 7) is 2.96. The summed E-state index contributed by atoms with van der Waals surface area (Å²) >= 11 is 8.67. The lowest BCUT2D eigenvalue weighted by molar-refractivity contribution is 0.881. The Bertz CT molecular complexity index is 901. The van der Waals surface area contributed by atoms with Crippen LogP contribution in [-0.2, 0) is 6.42 Å². The van der Waals surface area contributed by atoms with Crippen molar-refractivity contribution in [3.05, 3.63) is 62.2 Å². The van der Waals surface area contributed by atoms with Gasteiger partial charge in [0.05, 0.1) is 11.4 Å². The molecule has 0 unspecified atom stereocenters. The summed E-state index contributed by atoms with van der Waals surface area (Å²) in [4.78, 5) is 0. The van der Waals surface area contributed by atoms with Gasteiger partial charge in [-0.3, -0.25) is 0 Å². The summed E-state index contributed by atoms with van der Waals surface area (Å²) < 4.78 is 3.19. The van der Waals surface area contributed by atoms with Crippen LogP contribution < -0.4 is 5.32 Å². The first kappa shape index (κ1) is 15.0. The van der Waals surface area contributed by atoms with Crippen LogP contribution in [0.4, 0.5) is 5.82 Å². The molecule has 1 N–H and O–H groups in total. The maximum atomic E-state index is 6.30. The SMILES string of the molecule is Cc1ccc(-n2nc(-c3ccccc3I)c3c2NCC3)cc1Cl. The second-order valence-electron chi connectivity index (χ2n) is 5.68. The molecule has 3 nitrogen and oxygen atoms in total. The van der Waals surface area contributed by atoms with Crippen LogP contribution in [0.1, 0.15) is 11.1 Å². The van der Waals surface area contributed by atoms with Gasteiger partial charge in [-0.05, 0) is 59.7 Å². The van der Waals surface area contributed by atoms with E-state index in [9.17, 15) is 0 Å². The van der Waals surface area contributed by atoms with E-state index in [0.29, 0.717) is 0 Å². The molecule has 0 fully saturated rings. The minimum absolute atomic E-state index is 0.764. The Labute approximate surface area is 153 Å². The van der Waals surface area contributed by atoms with Gasteiger partial charge in [-0.2, -0.15) is 5.10 Å². The van der Waals surface area contributed by atoms with Crippen molar-refractivity contribution in [2.45, 2.75) is 13.3 Å². The fourth-order valence-corrected chi connectivity index (χ4v) is 3.76. The van der Waals surface area contributed by atoms with Crippen LogP contribution in [0, 0.1) is 10.5 Å². The van der Waals surface area contributed by atoms with E-state index >= 15 is 0 Å². The van der Waals surface area contributed by atoms with Gasteiger partial charge in [-0.15, -0.1) is 0 Å². The molecule has 0 aliphatic carbocycles. The maximum Gasteiger partial charge on any atom is 0.133 e. The van der Waals surface area contributed by atoms with E-state index < -0.39 is 0 Å². The topological polar surface area (TPSA) is 29.9 Å². The summed E-state index contributed by atoms with van der Waals surface area (Å²) in [5, 5.41) is 9.12. The van der Waals surface area contributed by atoms with Crippen LogP contribution >= 0.6 is 34.2 Å². The lowest BCUT2D eigenvalue weighted by atomic mass is 10.1. The number of hydrogen-bond acceptors (Lipinski definition) is 2. The van der Waals surface area contributed by atoms with Crippen molar-refractivity contribution in [1.82, 2.24) is 9.78 Å². The van der Waals surface area contributed by atoms with Gasteiger partial charge in [0.1, 0.15) is 5.82 Å². The molecular formula is C18H15ClIN3. The molecule has 1 aromatic heterocycles. The van der Waals surface area contributed by atoms with E-state index in [1.165, 1.54) is 14.7 Å². The standard InChI is InChI=1S/C18H15ClIN3/c1-11-6-7-12(10-15(11)19)23-18-14(8-9-21-18)17(22-23)13-4-2-3-5-16(13)20/h2-7,10,21H,8-9H2,1H3. The van der Waals surface area contributed by atoms with Crippen LogP contribution in [0.2, 0.25) is 5.02 Å². The van der Waals surface area contributed by atoms with E-state index in [2.05, 4.69) is 58.2 Å². The predicted molar refractivity (Wildman–Crippen MR) is 104 cm³/mol. The Morgan fingerprint density at radius 3 is 2.83 bits per heavy atom. The van der Waals surface area contributed by atoms with E-state index in [-0.39, 0.29) is 0 Å². The van der Waals surface area contributed by atoms with Crippen molar-refractivity contribution >= 4 is 40.0 Å². The smallest absolute Gasteiger partial charge is 0.133 e. The highest BCUT2D eigenvalue weighted by molar-refractivity contribution is 14.1. The average Bonchev–Trinajstić information content (AvgIpc) is 3.13. The number of benzene rings is 2. The third-order valence-corrected chi connectivity index (χ3v) is 5.53. The minimum Gasteiger partial charge on any atom is -0.369 e. The molecule has 0 radical (unpaired) electrons. The quantitative estimate of drug-likeness (QED) is 0.569. The van der Waals surface area contributed by atoms with E-state index in [0.717, 1.165) is 40.8 Å². The molecule has 1 aliphatic rings. The Hall–Kier alpha value is -1.53. The van der Waals surface area contributed by atoms with Gasteiger partial charge in [0.25, 0.3) is 0 Å². The monoisotopic (exact) mass is 435 g/mol. The van der Waals surface area contributed by atoms with Crippen LogP contribution in [0.15, 0.2) is 42.5 Å². The van der Waals surface area contributed by atoms with Crippen LogP contribution in [0.5, 0.6) is 0 Å². The number of halogens is 2. The fourth-order valence-electron chi connectivity index (χ4n) is 2.94. The highest BCUT2D eigenvalue weighted by atomic mass is 127. The molecule has 0 saturated carbocycles. The number of aryl methyl sites for hydroxylation is 1. The van der Waals surface area contributed by atoms with Gasteiger partial charge in [0.15, 0.2) is 0 Å². The molecule has 116 valence electrons. The summed E-state index contributed by atoms with van der Waals surface area (Å²) in [5.41, 5.74) is 5.59. The number of nitrogens with one attached hydrogen (secondary N) is 1. The molecule has 1 aliphatic heterocycles. The second kappa shape index (κ2) is 5.83. The summed E-state index contributed by atoms with van der Waals surface area (Å²) in [6, 6.07) is 14.4. The van der Waals surface area contributed by atoms with Crippen molar-refractivity contribution in [2.75, 3.05) is 11.9 Å². The van der Waals surface area contributed by atoms with Crippen molar-refractivity contribution in [2.24, 2.45) is 0 Å². The Morgan fingerprint density at radius 2 is 2.04 bits per heavy atom.